The molecule has 8 nitrogen and oxygen atoms in total. The number of nitrogen functional groups attached to an aromatic ring is 1. The number of carbonyl (C=O) groups excluding carboxylic acids is 2. The first-order valence-electron chi connectivity index (χ1n) is 12.1. The normalized spacial score (nSPS) is 12.5. The van der Waals surface area contributed by atoms with Crippen molar-refractivity contribution in [1.82, 2.24) is 14.9 Å². The molecular weight excluding hydrogens is 492 g/mol. The third-order valence-corrected chi connectivity index (χ3v) is 6.39. The summed E-state index contributed by atoms with van der Waals surface area (Å²) in [5.74, 6) is 0.0121. The van der Waals surface area contributed by atoms with E-state index in [1.807, 2.05) is 0 Å². The summed E-state index contributed by atoms with van der Waals surface area (Å²) < 4.78 is 35.2. The van der Waals surface area contributed by atoms with E-state index in [9.17, 15) is 18.4 Å². The summed E-state index contributed by atoms with van der Waals surface area (Å²) in [5.41, 5.74) is 7.83. The molecule has 2 aromatic carbocycles. The Kier molecular flexibility index (Phi) is 7.86. The van der Waals surface area contributed by atoms with Crippen LogP contribution in [-0.4, -0.2) is 46.4 Å². The molecule has 2 amide bonds. The van der Waals surface area contributed by atoms with Crippen molar-refractivity contribution in [3.63, 3.8) is 0 Å². The zero-order chi connectivity index (χ0) is 27.4. The number of terminal acetylenes is 1. The number of anilines is 2. The van der Waals surface area contributed by atoms with Crippen LogP contribution in [0.2, 0.25) is 0 Å². The topological polar surface area (TPSA) is 110 Å². The predicted octanol–water partition coefficient (Wildman–Crippen LogP) is 4.30. The van der Waals surface area contributed by atoms with Crippen LogP contribution in [0.5, 0.6) is 5.75 Å². The number of nitrogens with zero attached hydrogens (tertiary/aromatic N) is 3. The Hall–Kier alpha value is -4.52. The maximum atomic E-state index is 14.7. The number of nitrogens with two attached hydrogens (primary N) is 1. The molecule has 0 aliphatic heterocycles. The Labute approximate surface area is 219 Å². The van der Waals surface area contributed by atoms with E-state index in [1.165, 1.54) is 29.4 Å². The van der Waals surface area contributed by atoms with Gasteiger partial charge < -0.3 is 20.7 Å². The van der Waals surface area contributed by atoms with Crippen LogP contribution in [0, 0.1) is 30.9 Å². The SMILES string of the molecule is C#CC(=O)N(CC)CCOc1c(N)ncnc1-c1cc(F)cc(NC(=O)c2ccc(C3CC3)cc2F)c1C. The first-order valence-corrected chi connectivity index (χ1v) is 12.1. The zero-order valence-corrected chi connectivity index (χ0v) is 21.1. The lowest BCUT2D eigenvalue weighted by molar-refractivity contribution is -0.125. The molecule has 1 aliphatic rings. The van der Waals surface area contributed by atoms with Gasteiger partial charge in [0.15, 0.2) is 11.6 Å². The molecule has 1 heterocycles. The molecule has 1 fully saturated rings. The number of likely N-dealkylation sites (N-methyl/N-ethyl adjacent to an activating group) is 1. The minimum Gasteiger partial charge on any atom is -0.486 e. The Balaban J connectivity index is 1.60. The highest BCUT2D eigenvalue weighted by atomic mass is 19.1. The average molecular weight is 520 g/mol. The zero-order valence-electron chi connectivity index (χ0n) is 21.1. The van der Waals surface area contributed by atoms with Gasteiger partial charge in [-0.3, -0.25) is 9.59 Å². The molecule has 1 aromatic heterocycles. The summed E-state index contributed by atoms with van der Waals surface area (Å²) in [6, 6.07) is 6.92. The molecule has 3 N–H and O–H groups in total. The van der Waals surface area contributed by atoms with E-state index in [1.54, 1.807) is 19.9 Å². The van der Waals surface area contributed by atoms with E-state index >= 15 is 0 Å². The third-order valence-electron chi connectivity index (χ3n) is 6.39. The minimum atomic E-state index is -0.707. The molecule has 3 aromatic rings. The second kappa shape index (κ2) is 11.3. The molecule has 0 bridgehead atoms. The van der Waals surface area contributed by atoms with Crippen LogP contribution in [0.25, 0.3) is 11.3 Å². The average Bonchev–Trinajstić information content (AvgIpc) is 3.74. The highest BCUT2D eigenvalue weighted by molar-refractivity contribution is 6.05. The lowest BCUT2D eigenvalue weighted by atomic mass is 10.0. The summed E-state index contributed by atoms with van der Waals surface area (Å²) >= 11 is 0. The standard InChI is InChI=1S/C28H27F2N5O3/c1-4-24(36)35(5-2)10-11-38-26-25(32-15-33-27(26)31)21-13-19(29)14-23(16(21)3)34-28(37)20-9-8-18(12-22(20)30)17-6-7-17/h1,8-9,12-15,17H,5-7,10-11H2,2-3H3,(H,34,37)(H2,31,32,33). The highest BCUT2D eigenvalue weighted by Gasteiger charge is 2.25. The van der Waals surface area contributed by atoms with Crippen molar-refractivity contribution in [3.8, 4) is 29.4 Å². The Morgan fingerprint density at radius 2 is 2.00 bits per heavy atom. The van der Waals surface area contributed by atoms with Gasteiger partial charge in [-0.25, -0.2) is 18.7 Å². The summed E-state index contributed by atoms with van der Waals surface area (Å²) in [5, 5.41) is 2.60. The first kappa shape index (κ1) is 26.5. The molecule has 1 aliphatic carbocycles. The number of amides is 2. The Bertz CT molecular complexity index is 1430. The van der Waals surface area contributed by atoms with E-state index in [0.29, 0.717) is 23.6 Å². The van der Waals surface area contributed by atoms with Crippen LogP contribution in [0.4, 0.5) is 20.3 Å². The van der Waals surface area contributed by atoms with E-state index in [2.05, 4.69) is 21.2 Å². The van der Waals surface area contributed by atoms with Gasteiger partial charge in [-0.1, -0.05) is 6.07 Å². The molecule has 0 unspecified atom stereocenters. The van der Waals surface area contributed by atoms with Crippen LogP contribution in [0.15, 0.2) is 36.7 Å². The predicted molar refractivity (Wildman–Crippen MR) is 139 cm³/mol. The Morgan fingerprint density at radius 1 is 1.24 bits per heavy atom. The fourth-order valence-electron chi connectivity index (χ4n) is 4.10. The molecule has 4 rings (SSSR count). The maximum Gasteiger partial charge on any atom is 0.298 e. The van der Waals surface area contributed by atoms with Gasteiger partial charge in [-0.2, -0.15) is 0 Å². The van der Waals surface area contributed by atoms with Gasteiger partial charge in [0.25, 0.3) is 11.8 Å². The van der Waals surface area contributed by atoms with E-state index in [4.69, 9.17) is 16.9 Å². The van der Waals surface area contributed by atoms with Crippen LogP contribution in [0.3, 0.4) is 0 Å². The summed E-state index contributed by atoms with van der Waals surface area (Å²) in [6.07, 6.45) is 8.42. The van der Waals surface area contributed by atoms with Crippen molar-refractivity contribution in [2.45, 2.75) is 32.6 Å². The van der Waals surface area contributed by atoms with Crippen molar-refractivity contribution in [2.24, 2.45) is 0 Å². The number of carbonyl (C=O) groups is 2. The van der Waals surface area contributed by atoms with Crippen LogP contribution in [-0.2, 0) is 4.79 Å². The molecule has 38 heavy (non-hydrogen) atoms. The number of nitrogens with one attached hydrogen (secondary N) is 1. The largest absolute Gasteiger partial charge is 0.486 e. The molecule has 196 valence electrons. The van der Waals surface area contributed by atoms with Gasteiger partial charge in [0.05, 0.1) is 12.1 Å². The van der Waals surface area contributed by atoms with Gasteiger partial charge in [0, 0.05) is 17.8 Å². The monoisotopic (exact) mass is 519 g/mol. The lowest BCUT2D eigenvalue weighted by Gasteiger charge is -2.20. The lowest BCUT2D eigenvalue weighted by Crippen LogP contribution is -2.33. The van der Waals surface area contributed by atoms with Crippen LogP contribution in [0.1, 0.15) is 47.2 Å². The number of halogens is 2. The maximum absolute atomic E-state index is 14.7. The van der Waals surface area contributed by atoms with Crippen molar-refractivity contribution >= 4 is 23.3 Å². The van der Waals surface area contributed by atoms with Crippen LogP contribution >= 0.6 is 0 Å². The summed E-state index contributed by atoms with van der Waals surface area (Å²) in [6.45, 7) is 4.03. The molecule has 1 saturated carbocycles. The number of hydrogen-bond acceptors (Lipinski definition) is 6. The molecule has 0 saturated heterocycles. The van der Waals surface area contributed by atoms with E-state index in [-0.39, 0.29) is 41.7 Å². The quantitative estimate of drug-likeness (QED) is 0.408. The fraction of sp³-hybridized carbons (Fsp3) is 0.286. The molecule has 0 atom stereocenters. The van der Waals surface area contributed by atoms with Gasteiger partial charge in [0.2, 0.25) is 0 Å². The fourth-order valence-corrected chi connectivity index (χ4v) is 4.10. The number of benzene rings is 2. The van der Waals surface area contributed by atoms with Gasteiger partial charge in [-0.15, -0.1) is 6.42 Å². The van der Waals surface area contributed by atoms with Crippen molar-refractivity contribution in [2.75, 3.05) is 30.7 Å². The van der Waals surface area contributed by atoms with Crippen LogP contribution < -0.4 is 15.8 Å². The number of aromatic nitrogens is 2. The first-order chi connectivity index (χ1) is 18.2. The molecular formula is C28H27F2N5O3. The highest BCUT2D eigenvalue weighted by Crippen LogP contribution is 2.40. The number of hydrogen-bond donors (Lipinski definition) is 2. The summed E-state index contributed by atoms with van der Waals surface area (Å²) in [4.78, 5) is 34.3. The van der Waals surface area contributed by atoms with Crippen molar-refractivity contribution in [3.05, 3.63) is 65.0 Å². The van der Waals surface area contributed by atoms with Crippen molar-refractivity contribution in [1.29, 1.82) is 0 Å². The van der Waals surface area contributed by atoms with E-state index in [0.717, 1.165) is 24.5 Å². The second-order valence-corrected chi connectivity index (χ2v) is 8.91. The smallest absolute Gasteiger partial charge is 0.298 e. The third kappa shape index (κ3) is 5.72. The molecule has 0 radical (unpaired) electrons. The van der Waals surface area contributed by atoms with E-state index < -0.39 is 23.4 Å². The second-order valence-electron chi connectivity index (χ2n) is 8.91. The van der Waals surface area contributed by atoms with Gasteiger partial charge >= 0.3 is 0 Å². The minimum absolute atomic E-state index is 0.00777. The molecule has 0 spiro atoms. The number of ether oxygens (including phenoxy) is 1. The van der Waals surface area contributed by atoms with Crippen molar-refractivity contribution < 1.29 is 23.1 Å². The summed E-state index contributed by atoms with van der Waals surface area (Å²) in [7, 11) is 0. The Morgan fingerprint density at radius 3 is 2.66 bits per heavy atom. The number of rotatable bonds is 9. The van der Waals surface area contributed by atoms with Gasteiger partial charge in [-0.05, 0) is 73.9 Å². The molecule has 10 heteroatoms. The van der Waals surface area contributed by atoms with Gasteiger partial charge in [0.1, 0.15) is 30.3 Å².